The molecule has 0 aliphatic rings. The monoisotopic (exact) mass is 368 g/mol. The summed E-state index contributed by atoms with van der Waals surface area (Å²) < 4.78 is 27.7. The summed E-state index contributed by atoms with van der Waals surface area (Å²) in [6.45, 7) is 0.767. The Morgan fingerprint density at radius 3 is 2.33 bits per heavy atom. The summed E-state index contributed by atoms with van der Waals surface area (Å²) in [5.41, 5.74) is 2.44. The van der Waals surface area contributed by atoms with E-state index in [0.29, 0.717) is 5.69 Å². The van der Waals surface area contributed by atoms with E-state index in [1.807, 2.05) is 37.4 Å². The largest absolute Gasteiger partial charge is 0.316 e. The summed E-state index contributed by atoms with van der Waals surface area (Å²) in [7, 11) is -1.54. The van der Waals surface area contributed by atoms with Crippen LogP contribution in [0.4, 0.5) is 5.69 Å². The molecule has 0 fully saturated rings. The number of hydrogen-bond donors (Lipinski definition) is 2. The van der Waals surface area contributed by atoms with Gasteiger partial charge in [0, 0.05) is 16.7 Å². The van der Waals surface area contributed by atoms with Gasteiger partial charge in [-0.1, -0.05) is 46.3 Å². The summed E-state index contributed by atoms with van der Waals surface area (Å²) >= 11 is 3.32. The lowest BCUT2D eigenvalue weighted by atomic mass is 10.1. The Morgan fingerprint density at radius 2 is 1.71 bits per heavy atom. The van der Waals surface area contributed by atoms with Crippen molar-refractivity contribution in [1.29, 1.82) is 0 Å². The standard InChI is InChI=1S/C15H17BrN2O2S/c1-17-10-12-5-7-13(8-6-12)11-21(19,20)18-15-4-2-3-14(16)9-15/h2-9,17-18H,10-11H2,1H3. The summed E-state index contributed by atoms with van der Waals surface area (Å²) in [5, 5.41) is 3.05. The molecule has 0 unspecified atom stereocenters. The maximum Gasteiger partial charge on any atom is 0.236 e. The molecule has 2 aromatic rings. The molecule has 0 heterocycles. The van der Waals surface area contributed by atoms with Crippen molar-refractivity contribution < 1.29 is 8.42 Å². The van der Waals surface area contributed by atoms with E-state index < -0.39 is 10.0 Å². The fourth-order valence-corrected chi connectivity index (χ4v) is 3.53. The molecule has 0 amide bonds. The molecular formula is C15H17BrN2O2S. The first-order valence-corrected chi connectivity index (χ1v) is 8.91. The zero-order valence-electron chi connectivity index (χ0n) is 11.6. The van der Waals surface area contributed by atoms with Crippen molar-refractivity contribution in [3.63, 3.8) is 0 Å². The van der Waals surface area contributed by atoms with Crippen molar-refractivity contribution in [2.45, 2.75) is 12.3 Å². The minimum atomic E-state index is -3.42. The second-order valence-corrected chi connectivity index (χ2v) is 7.36. The summed E-state index contributed by atoms with van der Waals surface area (Å²) in [5.74, 6) is -0.0423. The second kappa shape index (κ2) is 7.06. The fraction of sp³-hybridized carbons (Fsp3) is 0.200. The van der Waals surface area contributed by atoms with Gasteiger partial charge in [-0.15, -0.1) is 0 Å². The van der Waals surface area contributed by atoms with Gasteiger partial charge < -0.3 is 5.32 Å². The van der Waals surface area contributed by atoms with Crippen LogP contribution in [-0.4, -0.2) is 15.5 Å². The van der Waals surface area contributed by atoms with Gasteiger partial charge in [-0.3, -0.25) is 4.72 Å². The van der Waals surface area contributed by atoms with Crippen LogP contribution >= 0.6 is 15.9 Å². The van der Waals surface area contributed by atoms with E-state index in [9.17, 15) is 8.42 Å². The van der Waals surface area contributed by atoms with Crippen LogP contribution in [0.3, 0.4) is 0 Å². The van der Waals surface area contributed by atoms with E-state index in [1.54, 1.807) is 18.2 Å². The van der Waals surface area contributed by atoms with E-state index in [4.69, 9.17) is 0 Å². The molecule has 2 rings (SSSR count). The van der Waals surface area contributed by atoms with Crippen LogP contribution in [-0.2, 0) is 22.3 Å². The Balaban J connectivity index is 2.06. The van der Waals surface area contributed by atoms with Crippen LogP contribution < -0.4 is 10.0 Å². The molecule has 2 aromatic carbocycles. The maximum absolute atomic E-state index is 12.2. The van der Waals surface area contributed by atoms with Crippen molar-refractivity contribution in [3.05, 3.63) is 64.1 Å². The predicted molar refractivity (Wildman–Crippen MR) is 89.6 cm³/mol. The number of sulfonamides is 1. The maximum atomic E-state index is 12.2. The molecule has 2 N–H and O–H groups in total. The minimum absolute atomic E-state index is 0.0423. The molecule has 0 spiro atoms. The Labute approximate surface area is 133 Å². The van der Waals surface area contributed by atoms with Gasteiger partial charge in [0.1, 0.15) is 0 Å². The van der Waals surface area contributed by atoms with Gasteiger partial charge in [0.05, 0.1) is 5.75 Å². The Hall–Kier alpha value is -1.37. The van der Waals surface area contributed by atoms with Gasteiger partial charge in [-0.25, -0.2) is 8.42 Å². The summed E-state index contributed by atoms with van der Waals surface area (Å²) in [6.07, 6.45) is 0. The highest BCUT2D eigenvalue weighted by Gasteiger charge is 2.11. The molecule has 0 aliphatic heterocycles. The number of halogens is 1. The first kappa shape index (κ1) is 16.0. The third kappa shape index (κ3) is 5.15. The summed E-state index contributed by atoms with van der Waals surface area (Å²) in [6, 6.07) is 14.6. The first-order valence-electron chi connectivity index (χ1n) is 6.47. The molecular weight excluding hydrogens is 352 g/mol. The van der Waals surface area contributed by atoms with E-state index in [2.05, 4.69) is 26.0 Å². The molecule has 0 atom stereocenters. The lowest BCUT2D eigenvalue weighted by molar-refractivity contribution is 0.600. The number of rotatable bonds is 6. The molecule has 0 aliphatic carbocycles. The van der Waals surface area contributed by atoms with E-state index >= 15 is 0 Å². The van der Waals surface area contributed by atoms with Crippen molar-refractivity contribution >= 4 is 31.6 Å². The normalized spacial score (nSPS) is 11.3. The molecule has 0 radical (unpaired) electrons. The first-order chi connectivity index (χ1) is 9.98. The molecule has 6 heteroatoms. The SMILES string of the molecule is CNCc1ccc(CS(=O)(=O)Nc2cccc(Br)c2)cc1. The van der Waals surface area contributed by atoms with Gasteiger partial charge >= 0.3 is 0 Å². The highest BCUT2D eigenvalue weighted by atomic mass is 79.9. The van der Waals surface area contributed by atoms with E-state index in [0.717, 1.165) is 22.1 Å². The van der Waals surface area contributed by atoms with Crippen LogP contribution in [0, 0.1) is 0 Å². The number of nitrogens with one attached hydrogen (secondary N) is 2. The average molecular weight is 369 g/mol. The Bertz CT molecular complexity index is 700. The third-order valence-electron chi connectivity index (χ3n) is 2.86. The van der Waals surface area contributed by atoms with Crippen LogP contribution in [0.15, 0.2) is 53.0 Å². The fourth-order valence-electron chi connectivity index (χ4n) is 1.94. The molecule has 21 heavy (non-hydrogen) atoms. The van der Waals surface area contributed by atoms with Crippen LogP contribution in [0.25, 0.3) is 0 Å². The van der Waals surface area contributed by atoms with Gasteiger partial charge in [0.2, 0.25) is 10.0 Å². The minimum Gasteiger partial charge on any atom is -0.316 e. The molecule has 0 bridgehead atoms. The lowest BCUT2D eigenvalue weighted by Crippen LogP contribution is -2.15. The zero-order chi connectivity index (χ0) is 15.3. The van der Waals surface area contributed by atoms with Gasteiger partial charge in [0.15, 0.2) is 0 Å². The van der Waals surface area contributed by atoms with Crippen LogP contribution in [0.2, 0.25) is 0 Å². The molecule has 0 saturated heterocycles. The summed E-state index contributed by atoms with van der Waals surface area (Å²) in [4.78, 5) is 0. The van der Waals surface area contributed by atoms with Gasteiger partial charge in [0.25, 0.3) is 0 Å². The number of benzene rings is 2. The molecule has 112 valence electrons. The van der Waals surface area contributed by atoms with Gasteiger partial charge in [-0.05, 0) is 36.4 Å². The van der Waals surface area contributed by atoms with Gasteiger partial charge in [-0.2, -0.15) is 0 Å². The van der Waals surface area contributed by atoms with Crippen molar-refractivity contribution in [1.82, 2.24) is 5.32 Å². The second-order valence-electron chi connectivity index (χ2n) is 4.72. The Kier molecular flexibility index (Phi) is 5.39. The predicted octanol–water partition coefficient (Wildman–Crippen LogP) is 3.11. The molecule has 4 nitrogen and oxygen atoms in total. The van der Waals surface area contributed by atoms with Crippen LogP contribution in [0.5, 0.6) is 0 Å². The Morgan fingerprint density at radius 1 is 1.05 bits per heavy atom. The van der Waals surface area contributed by atoms with Crippen molar-refractivity contribution in [2.24, 2.45) is 0 Å². The highest BCUT2D eigenvalue weighted by molar-refractivity contribution is 9.10. The quantitative estimate of drug-likeness (QED) is 0.823. The average Bonchev–Trinajstić information content (AvgIpc) is 2.40. The third-order valence-corrected chi connectivity index (χ3v) is 4.61. The van der Waals surface area contributed by atoms with Crippen molar-refractivity contribution in [2.75, 3.05) is 11.8 Å². The smallest absolute Gasteiger partial charge is 0.236 e. The molecule has 0 aromatic heterocycles. The number of anilines is 1. The topological polar surface area (TPSA) is 58.2 Å². The van der Waals surface area contributed by atoms with Crippen molar-refractivity contribution in [3.8, 4) is 0 Å². The number of hydrogen-bond acceptors (Lipinski definition) is 3. The zero-order valence-corrected chi connectivity index (χ0v) is 14.0. The highest BCUT2D eigenvalue weighted by Crippen LogP contribution is 2.18. The lowest BCUT2D eigenvalue weighted by Gasteiger charge is -2.09. The molecule has 0 saturated carbocycles. The van der Waals surface area contributed by atoms with E-state index in [1.165, 1.54) is 0 Å². The van der Waals surface area contributed by atoms with E-state index in [-0.39, 0.29) is 5.75 Å². The van der Waals surface area contributed by atoms with Crippen LogP contribution in [0.1, 0.15) is 11.1 Å².